The van der Waals surface area contributed by atoms with Crippen molar-refractivity contribution in [1.82, 2.24) is 19.8 Å². The first-order valence-corrected chi connectivity index (χ1v) is 13.9. The third-order valence-corrected chi connectivity index (χ3v) is 7.93. The molecule has 0 spiro atoms. The predicted octanol–water partition coefficient (Wildman–Crippen LogP) is 5.85. The van der Waals surface area contributed by atoms with Gasteiger partial charge >= 0.3 is 12.2 Å². The van der Waals surface area contributed by atoms with Gasteiger partial charge in [0.1, 0.15) is 11.2 Å². The molecule has 2 aromatic rings. The topological polar surface area (TPSA) is 88.9 Å². The lowest BCUT2D eigenvalue weighted by atomic mass is 10.2. The van der Waals surface area contributed by atoms with Crippen LogP contribution in [0.5, 0.6) is 0 Å². The molecule has 0 radical (unpaired) electrons. The van der Waals surface area contributed by atoms with E-state index < -0.39 is 17.3 Å². The van der Waals surface area contributed by atoms with E-state index in [0.29, 0.717) is 19.6 Å². The number of nitrogens with one attached hydrogen (secondary N) is 1. The number of hydrogen-bond donors (Lipinski definition) is 1. The molecule has 36 heavy (non-hydrogen) atoms. The SMILES string of the molecule is CC(C)(C)OC(=O)N[C@@H]1CCN(c2nc3cc(Br)c(Br)cc3n2[C@H]2CCN(C(=O)OC(C)(C)C)C2)C1. The standard InChI is InChI=1S/C25H35Br2N5O4/c1-24(2,3)35-22(33)28-15-7-9-30(13-15)21-29-19-11-17(26)18(27)12-20(19)32(21)16-8-10-31(14-16)23(34)36-25(4,5)6/h11-12,15-16H,7-10,13-14H2,1-6H3,(H,28,33)/t15-,16+/m1/s1. The number of carbonyl (C=O) groups is 2. The molecule has 0 bridgehead atoms. The van der Waals surface area contributed by atoms with Crippen LogP contribution in [0.15, 0.2) is 21.1 Å². The van der Waals surface area contributed by atoms with Crippen LogP contribution in [0.1, 0.15) is 60.4 Å². The van der Waals surface area contributed by atoms with Gasteiger partial charge in [-0.1, -0.05) is 0 Å². The minimum absolute atomic E-state index is 0.0339. The third kappa shape index (κ3) is 6.27. The van der Waals surface area contributed by atoms with Crippen LogP contribution < -0.4 is 10.2 Å². The number of anilines is 1. The average molecular weight is 629 g/mol. The molecule has 4 rings (SSSR count). The number of aromatic nitrogens is 2. The Balaban J connectivity index is 1.58. The van der Waals surface area contributed by atoms with Crippen molar-refractivity contribution in [2.75, 3.05) is 31.1 Å². The first kappa shape index (κ1) is 27.0. The molecular formula is C25H35Br2N5O4. The molecule has 0 aliphatic carbocycles. The Hall–Kier alpha value is -2.01. The van der Waals surface area contributed by atoms with Crippen LogP contribution in [0.3, 0.4) is 0 Å². The molecular weight excluding hydrogens is 594 g/mol. The molecule has 2 atom stereocenters. The van der Waals surface area contributed by atoms with E-state index in [1.54, 1.807) is 4.90 Å². The Morgan fingerprint density at radius 1 is 0.972 bits per heavy atom. The highest BCUT2D eigenvalue weighted by atomic mass is 79.9. The summed E-state index contributed by atoms with van der Waals surface area (Å²) in [6, 6.07) is 4.10. The predicted molar refractivity (Wildman–Crippen MR) is 147 cm³/mol. The van der Waals surface area contributed by atoms with E-state index in [-0.39, 0.29) is 18.2 Å². The maximum absolute atomic E-state index is 12.7. The molecule has 9 nitrogen and oxygen atoms in total. The average Bonchev–Trinajstić information content (AvgIpc) is 3.43. The molecule has 3 heterocycles. The van der Waals surface area contributed by atoms with Gasteiger partial charge in [-0.3, -0.25) is 0 Å². The summed E-state index contributed by atoms with van der Waals surface area (Å²) in [4.78, 5) is 34.0. The quantitative estimate of drug-likeness (QED) is 0.459. The number of halogens is 2. The van der Waals surface area contributed by atoms with Crippen molar-refractivity contribution < 1.29 is 19.1 Å². The highest BCUT2D eigenvalue weighted by molar-refractivity contribution is 9.13. The molecule has 2 saturated heterocycles. The number of benzene rings is 1. The van der Waals surface area contributed by atoms with E-state index in [0.717, 1.165) is 45.3 Å². The summed E-state index contributed by atoms with van der Waals surface area (Å²) in [5.41, 5.74) is 0.795. The Bertz CT molecular complexity index is 1150. The Kier molecular flexibility index (Phi) is 7.54. The van der Waals surface area contributed by atoms with E-state index in [1.807, 2.05) is 47.6 Å². The first-order valence-electron chi connectivity index (χ1n) is 12.3. The highest BCUT2D eigenvalue weighted by Gasteiger charge is 2.35. The van der Waals surface area contributed by atoms with Gasteiger partial charge in [-0.25, -0.2) is 14.6 Å². The monoisotopic (exact) mass is 627 g/mol. The van der Waals surface area contributed by atoms with Crippen LogP contribution in [0.4, 0.5) is 15.5 Å². The van der Waals surface area contributed by atoms with Gasteiger partial charge in [-0.2, -0.15) is 0 Å². The van der Waals surface area contributed by atoms with Crippen LogP contribution >= 0.6 is 31.9 Å². The summed E-state index contributed by atoms with van der Waals surface area (Å²) in [6.07, 6.45) is 0.908. The number of imidazole rings is 1. The summed E-state index contributed by atoms with van der Waals surface area (Å²) in [5.74, 6) is 0.847. The number of hydrogen-bond acceptors (Lipinski definition) is 6. The smallest absolute Gasteiger partial charge is 0.410 e. The molecule has 11 heteroatoms. The van der Waals surface area contributed by atoms with Gasteiger partial charge in [-0.15, -0.1) is 0 Å². The second kappa shape index (κ2) is 10.0. The molecule has 0 unspecified atom stereocenters. The molecule has 2 fully saturated rings. The van der Waals surface area contributed by atoms with Crippen LogP contribution in [0, 0.1) is 0 Å². The van der Waals surface area contributed by atoms with Gasteiger partial charge in [0.2, 0.25) is 5.95 Å². The van der Waals surface area contributed by atoms with Crippen LogP contribution in [-0.2, 0) is 9.47 Å². The lowest BCUT2D eigenvalue weighted by molar-refractivity contribution is 0.0288. The van der Waals surface area contributed by atoms with E-state index in [9.17, 15) is 9.59 Å². The van der Waals surface area contributed by atoms with Crippen molar-refractivity contribution in [2.45, 2.75) is 77.7 Å². The van der Waals surface area contributed by atoms with Gasteiger partial charge in [0, 0.05) is 35.1 Å². The van der Waals surface area contributed by atoms with Crippen molar-refractivity contribution in [3.8, 4) is 0 Å². The van der Waals surface area contributed by atoms with Gasteiger partial charge in [0.25, 0.3) is 0 Å². The second-order valence-corrected chi connectivity index (χ2v) is 13.2. The van der Waals surface area contributed by atoms with Crippen molar-refractivity contribution in [3.05, 3.63) is 21.1 Å². The normalized spacial score (nSPS) is 20.8. The van der Waals surface area contributed by atoms with Gasteiger partial charge < -0.3 is 29.2 Å². The van der Waals surface area contributed by atoms with Crippen LogP contribution in [0.2, 0.25) is 0 Å². The summed E-state index contributed by atoms with van der Waals surface area (Å²) >= 11 is 7.23. The number of carbonyl (C=O) groups excluding carboxylic acids is 2. The fourth-order valence-electron chi connectivity index (χ4n) is 4.64. The highest BCUT2D eigenvalue weighted by Crippen LogP contribution is 2.37. The van der Waals surface area contributed by atoms with Crippen LogP contribution in [-0.4, -0.2) is 70.1 Å². The number of amides is 2. The minimum Gasteiger partial charge on any atom is -0.444 e. The summed E-state index contributed by atoms with van der Waals surface area (Å²) in [7, 11) is 0. The molecule has 1 N–H and O–H groups in total. The van der Waals surface area contributed by atoms with E-state index in [1.165, 1.54) is 0 Å². The zero-order chi connectivity index (χ0) is 26.4. The van der Waals surface area contributed by atoms with Gasteiger partial charge in [-0.05, 0) is 98.4 Å². The Morgan fingerprint density at radius 3 is 2.31 bits per heavy atom. The van der Waals surface area contributed by atoms with Crippen molar-refractivity contribution in [2.24, 2.45) is 0 Å². The zero-order valence-corrected chi connectivity index (χ0v) is 24.9. The van der Waals surface area contributed by atoms with Crippen molar-refractivity contribution >= 4 is 61.0 Å². The fourth-order valence-corrected chi connectivity index (χ4v) is 5.30. The molecule has 0 saturated carbocycles. The van der Waals surface area contributed by atoms with Gasteiger partial charge in [0.15, 0.2) is 0 Å². The fraction of sp³-hybridized carbons (Fsp3) is 0.640. The Labute approximate surface area is 229 Å². The third-order valence-electron chi connectivity index (χ3n) is 6.09. The Morgan fingerprint density at radius 2 is 1.64 bits per heavy atom. The first-order chi connectivity index (χ1) is 16.7. The molecule has 2 aliphatic heterocycles. The molecule has 198 valence electrons. The molecule has 1 aromatic carbocycles. The van der Waals surface area contributed by atoms with Crippen molar-refractivity contribution in [1.29, 1.82) is 0 Å². The summed E-state index contributed by atoms with van der Waals surface area (Å²) in [6.45, 7) is 13.8. The lowest BCUT2D eigenvalue weighted by Gasteiger charge is -2.26. The largest absolute Gasteiger partial charge is 0.444 e. The molecule has 1 aromatic heterocycles. The molecule has 2 aliphatic rings. The minimum atomic E-state index is -0.542. The maximum atomic E-state index is 12.7. The van der Waals surface area contributed by atoms with Crippen molar-refractivity contribution in [3.63, 3.8) is 0 Å². The van der Waals surface area contributed by atoms with Gasteiger partial charge in [0.05, 0.1) is 23.1 Å². The number of fused-ring (bicyclic) bond motifs is 1. The number of likely N-dealkylation sites (tertiary alicyclic amines) is 1. The van der Waals surface area contributed by atoms with Crippen LogP contribution in [0.25, 0.3) is 11.0 Å². The molecule has 2 amide bonds. The number of nitrogens with zero attached hydrogens (tertiary/aromatic N) is 4. The van der Waals surface area contributed by atoms with E-state index in [2.05, 4.69) is 52.7 Å². The lowest BCUT2D eigenvalue weighted by Crippen LogP contribution is -2.40. The summed E-state index contributed by atoms with van der Waals surface area (Å²) < 4.78 is 15.2. The second-order valence-electron chi connectivity index (χ2n) is 11.5. The summed E-state index contributed by atoms with van der Waals surface area (Å²) in [5, 5.41) is 3.00. The number of rotatable bonds is 3. The number of alkyl carbamates (subject to hydrolysis) is 1. The number of ether oxygens (including phenoxy) is 2. The van der Waals surface area contributed by atoms with E-state index >= 15 is 0 Å². The van der Waals surface area contributed by atoms with E-state index in [4.69, 9.17) is 14.5 Å². The maximum Gasteiger partial charge on any atom is 0.410 e. The zero-order valence-electron chi connectivity index (χ0n) is 21.7.